The summed E-state index contributed by atoms with van der Waals surface area (Å²) >= 11 is 0. The molecule has 5 nitrogen and oxygen atoms in total. The quantitative estimate of drug-likeness (QED) is 0.747. The van der Waals surface area contributed by atoms with E-state index in [9.17, 15) is 15.0 Å². The number of carbonyl (C=O) groups is 1. The van der Waals surface area contributed by atoms with E-state index in [1.54, 1.807) is 6.07 Å². The van der Waals surface area contributed by atoms with E-state index in [1.165, 1.54) is 12.8 Å². The van der Waals surface area contributed by atoms with Gasteiger partial charge in [-0.05, 0) is 56.2 Å². The van der Waals surface area contributed by atoms with Crippen molar-refractivity contribution in [3.63, 3.8) is 0 Å². The van der Waals surface area contributed by atoms with Gasteiger partial charge in [-0.2, -0.15) is 0 Å². The molecule has 0 bridgehead atoms. The fourth-order valence-electron chi connectivity index (χ4n) is 5.61. The van der Waals surface area contributed by atoms with E-state index in [-0.39, 0.29) is 30.0 Å². The number of ketones is 1. The Morgan fingerprint density at radius 1 is 1.35 bits per heavy atom. The first-order valence-corrected chi connectivity index (χ1v) is 9.51. The van der Waals surface area contributed by atoms with Crippen molar-refractivity contribution in [1.29, 1.82) is 0 Å². The minimum Gasteiger partial charge on any atom is -0.504 e. The molecule has 6 heteroatoms. The molecule has 3 N–H and O–H groups in total. The summed E-state index contributed by atoms with van der Waals surface area (Å²) in [6, 6.07) is 3.50. The number of hydrogen-bond acceptors (Lipinski definition) is 5. The maximum Gasteiger partial charge on any atom is 0.174 e. The molecular formula is C20H26ClNO4. The van der Waals surface area contributed by atoms with Gasteiger partial charge in [0.25, 0.3) is 0 Å². The van der Waals surface area contributed by atoms with Gasteiger partial charge in [0.2, 0.25) is 0 Å². The van der Waals surface area contributed by atoms with E-state index in [0.717, 1.165) is 23.6 Å². The standard InChI is InChI=1S/C20H25NO4.ClH/c1-2-19-16-12-5-6-13(22)17(16)25-18(19)14(23)7-8-20(19,24)15(9-12)21-10-11-3-4-11;/h5-6,11,15,18,21-22,24H,2-4,7-10H2,1H3;1H/t15-,18+,19+,20-;/m1./s1. The minimum absolute atomic E-state index is 0. The number of benzene rings is 1. The second-order valence-corrected chi connectivity index (χ2v) is 8.27. The first-order chi connectivity index (χ1) is 12.0. The first-order valence-electron chi connectivity index (χ1n) is 9.51. The van der Waals surface area contributed by atoms with E-state index in [4.69, 9.17) is 4.74 Å². The molecule has 5 rings (SSSR count). The van der Waals surface area contributed by atoms with E-state index in [1.807, 2.05) is 13.0 Å². The van der Waals surface area contributed by atoms with Gasteiger partial charge >= 0.3 is 0 Å². The molecule has 3 aliphatic carbocycles. The first kappa shape index (κ1) is 18.1. The molecule has 142 valence electrons. The van der Waals surface area contributed by atoms with Crippen molar-refractivity contribution in [2.24, 2.45) is 5.92 Å². The van der Waals surface area contributed by atoms with Crippen molar-refractivity contribution in [2.45, 2.75) is 68.6 Å². The Hall–Kier alpha value is -1.30. The number of nitrogens with one attached hydrogen (secondary N) is 1. The van der Waals surface area contributed by atoms with Crippen LogP contribution in [0.3, 0.4) is 0 Å². The molecule has 1 heterocycles. The molecule has 0 amide bonds. The zero-order chi connectivity index (χ0) is 17.4. The van der Waals surface area contributed by atoms with Crippen molar-refractivity contribution in [3.8, 4) is 11.5 Å². The smallest absolute Gasteiger partial charge is 0.174 e. The van der Waals surface area contributed by atoms with Gasteiger partial charge in [0.15, 0.2) is 23.4 Å². The van der Waals surface area contributed by atoms with Crippen LogP contribution >= 0.6 is 12.4 Å². The second kappa shape index (κ2) is 5.85. The van der Waals surface area contributed by atoms with Gasteiger partial charge in [-0.1, -0.05) is 13.0 Å². The van der Waals surface area contributed by atoms with Gasteiger partial charge in [0.1, 0.15) is 0 Å². The Bertz CT molecular complexity index is 764. The third-order valence-corrected chi connectivity index (χ3v) is 7.08. The number of carbonyl (C=O) groups excluding carboxylic acids is 1. The molecule has 0 radical (unpaired) electrons. The SMILES string of the molecule is CC[C@]12c3c4ccc(O)c3O[C@H]1C(=O)CC[C@@]2(O)[C@H](NCC1CC1)C4.Cl. The average Bonchev–Trinajstić information content (AvgIpc) is 3.35. The topological polar surface area (TPSA) is 78.8 Å². The van der Waals surface area contributed by atoms with Crippen LogP contribution in [-0.2, 0) is 16.6 Å². The number of ether oxygens (including phenoxy) is 1. The predicted molar refractivity (Wildman–Crippen MR) is 99.1 cm³/mol. The normalized spacial score (nSPS) is 36.9. The van der Waals surface area contributed by atoms with Crippen LogP contribution in [0.5, 0.6) is 11.5 Å². The van der Waals surface area contributed by atoms with Gasteiger partial charge < -0.3 is 20.3 Å². The van der Waals surface area contributed by atoms with Crippen LogP contribution in [0.15, 0.2) is 12.1 Å². The summed E-state index contributed by atoms with van der Waals surface area (Å²) in [4.78, 5) is 12.7. The Kier molecular flexibility index (Phi) is 4.07. The maximum atomic E-state index is 12.7. The highest BCUT2D eigenvalue weighted by molar-refractivity contribution is 5.89. The molecule has 0 unspecified atom stereocenters. The van der Waals surface area contributed by atoms with E-state index in [0.29, 0.717) is 31.4 Å². The van der Waals surface area contributed by atoms with Crippen LogP contribution in [0.2, 0.25) is 0 Å². The third kappa shape index (κ3) is 2.08. The van der Waals surface area contributed by atoms with Gasteiger partial charge in [-0.3, -0.25) is 4.79 Å². The molecule has 2 saturated carbocycles. The summed E-state index contributed by atoms with van der Waals surface area (Å²) < 4.78 is 6.00. The van der Waals surface area contributed by atoms with E-state index < -0.39 is 17.1 Å². The third-order valence-electron chi connectivity index (χ3n) is 7.08. The monoisotopic (exact) mass is 379 g/mol. The molecule has 4 atom stereocenters. The lowest BCUT2D eigenvalue weighted by Gasteiger charge is -2.56. The number of aliphatic hydroxyl groups is 1. The van der Waals surface area contributed by atoms with Crippen molar-refractivity contribution in [1.82, 2.24) is 5.32 Å². The van der Waals surface area contributed by atoms with Gasteiger partial charge in [-0.15, -0.1) is 12.4 Å². The fraction of sp³-hybridized carbons (Fsp3) is 0.650. The number of rotatable bonds is 4. The summed E-state index contributed by atoms with van der Waals surface area (Å²) in [7, 11) is 0. The zero-order valence-electron chi connectivity index (χ0n) is 15.0. The van der Waals surface area contributed by atoms with Gasteiger partial charge in [0, 0.05) is 18.0 Å². The lowest BCUT2D eigenvalue weighted by molar-refractivity contribution is -0.159. The van der Waals surface area contributed by atoms with Crippen molar-refractivity contribution < 1.29 is 19.7 Å². The van der Waals surface area contributed by atoms with Crippen molar-refractivity contribution in [3.05, 3.63) is 23.3 Å². The number of phenols is 1. The zero-order valence-corrected chi connectivity index (χ0v) is 15.8. The average molecular weight is 380 g/mol. The Morgan fingerprint density at radius 3 is 2.81 bits per heavy atom. The van der Waals surface area contributed by atoms with Crippen LogP contribution in [0.4, 0.5) is 0 Å². The molecule has 1 aromatic rings. The highest BCUT2D eigenvalue weighted by Gasteiger charge is 2.70. The van der Waals surface area contributed by atoms with Crippen molar-refractivity contribution in [2.75, 3.05) is 6.54 Å². The summed E-state index contributed by atoms with van der Waals surface area (Å²) in [5.41, 5.74) is 0.178. The molecule has 0 spiro atoms. The number of aromatic hydroxyl groups is 1. The molecule has 26 heavy (non-hydrogen) atoms. The summed E-state index contributed by atoms with van der Waals surface area (Å²) in [5.74, 6) is 1.24. The summed E-state index contributed by atoms with van der Waals surface area (Å²) in [6.45, 7) is 2.94. The lowest BCUT2D eigenvalue weighted by atomic mass is 9.51. The Balaban J connectivity index is 0.00000168. The Morgan fingerprint density at radius 2 is 2.12 bits per heavy atom. The fourth-order valence-corrected chi connectivity index (χ4v) is 5.61. The van der Waals surface area contributed by atoms with Crippen LogP contribution < -0.4 is 10.1 Å². The number of hydrogen-bond donors (Lipinski definition) is 3. The van der Waals surface area contributed by atoms with Crippen LogP contribution in [0.25, 0.3) is 0 Å². The number of halogens is 1. The summed E-state index contributed by atoms with van der Waals surface area (Å²) in [5, 5.41) is 25.8. The lowest BCUT2D eigenvalue weighted by Crippen LogP contribution is -2.72. The highest BCUT2D eigenvalue weighted by Crippen LogP contribution is 2.62. The number of phenolic OH excluding ortho intramolecular Hbond substituents is 1. The largest absolute Gasteiger partial charge is 0.504 e. The predicted octanol–water partition coefficient (Wildman–Crippen LogP) is 2.24. The van der Waals surface area contributed by atoms with Crippen molar-refractivity contribution >= 4 is 18.2 Å². The van der Waals surface area contributed by atoms with E-state index in [2.05, 4.69) is 5.32 Å². The second-order valence-electron chi connectivity index (χ2n) is 8.27. The van der Waals surface area contributed by atoms with Crippen LogP contribution in [0, 0.1) is 5.92 Å². The minimum atomic E-state index is -1.03. The molecule has 4 aliphatic rings. The number of Topliss-reactive ketones (excluding diaryl/α,β-unsaturated/α-hetero) is 1. The maximum absolute atomic E-state index is 12.7. The Labute approximate surface area is 159 Å². The van der Waals surface area contributed by atoms with E-state index >= 15 is 0 Å². The molecular weight excluding hydrogens is 354 g/mol. The molecule has 0 saturated heterocycles. The molecule has 1 aromatic carbocycles. The van der Waals surface area contributed by atoms with Crippen LogP contribution in [0.1, 0.15) is 50.2 Å². The van der Waals surface area contributed by atoms with Gasteiger partial charge in [-0.25, -0.2) is 0 Å². The molecule has 1 aliphatic heterocycles. The molecule has 2 fully saturated rings. The molecule has 0 aromatic heterocycles. The highest BCUT2D eigenvalue weighted by atomic mass is 35.5. The van der Waals surface area contributed by atoms with Crippen LogP contribution in [-0.4, -0.2) is 40.3 Å². The summed E-state index contributed by atoms with van der Waals surface area (Å²) in [6.07, 6.45) is 3.93. The van der Waals surface area contributed by atoms with Gasteiger partial charge in [0.05, 0.1) is 11.0 Å².